The first-order valence-corrected chi connectivity index (χ1v) is 6.50. The lowest BCUT2D eigenvalue weighted by Gasteiger charge is -2.30. The van der Waals surface area contributed by atoms with Crippen molar-refractivity contribution in [3.05, 3.63) is 34.9 Å². The summed E-state index contributed by atoms with van der Waals surface area (Å²) in [6.45, 7) is 3.82. The molecular formula is C14H17ClN2O. The van der Waals surface area contributed by atoms with E-state index in [2.05, 4.69) is 22.1 Å². The van der Waals surface area contributed by atoms with Gasteiger partial charge < -0.3 is 10.4 Å². The van der Waals surface area contributed by atoms with Crippen molar-refractivity contribution in [3.8, 4) is 11.8 Å². The Balaban J connectivity index is 2.05. The van der Waals surface area contributed by atoms with E-state index < -0.39 is 0 Å². The van der Waals surface area contributed by atoms with E-state index in [4.69, 9.17) is 11.6 Å². The zero-order valence-electron chi connectivity index (χ0n) is 10.2. The zero-order valence-corrected chi connectivity index (χ0v) is 11.0. The second-order valence-corrected chi connectivity index (χ2v) is 4.70. The normalized spacial score (nSPS) is 17.9. The fourth-order valence-electron chi connectivity index (χ4n) is 1.98. The molecule has 18 heavy (non-hydrogen) atoms. The summed E-state index contributed by atoms with van der Waals surface area (Å²) in [6.07, 6.45) is 0. The van der Waals surface area contributed by atoms with Crippen LogP contribution in [0.4, 0.5) is 0 Å². The molecule has 2 N–H and O–H groups in total. The highest BCUT2D eigenvalue weighted by Crippen LogP contribution is 2.09. The topological polar surface area (TPSA) is 35.5 Å². The summed E-state index contributed by atoms with van der Waals surface area (Å²) in [7, 11) is 0. The fourth-order valence-corrected chi connectivity index (χ4v) is 2.17. The summed E-state index contributed by atoms with van der Waals surface area (Å²) >= 11 is 5.91. The van der Waals surface area contributed by atoms with Gasteiger partial charge in [0.1, 0.15) is 0 Å². The predicted octanol–water partition coefficient (Wildman–Crippen LogP) is 0.958. The maximum absolute atomic E-state index is 9.42. The Morgan fingerprint density at radius 2 is 2.17 bits per heavy atom. The molecule has 0 radical (unpaired) electrons. The van der Waals surface area contributed by atoms with E-state index in [9.17, 15) is 5.11 Å². The standard InChI is InChI=1S/C14H17ClN2O/c15-13-3-1-2-12(10-13)4-5-14(11-18)17-8-6-16-7-9-17/h1-3,10,14,16,18H,6-9,11H2. The Kier molecular flexibility index (Phi) is 5.03. The number of nitrogens with one attached hydrogen (secondary N) is 1. The van der Waals surface area contributed by atoms with Crippen LogP contribution < -0.4 is 5.32 Å². The third-order valence-corrected chi connectivity index (χ3v) is 3.21. The number of benzene rings is 1. The van der Waals surface area contributed by atoms with Crippen LogP contribution in [0.15, 0.2) is 24.3 Å². The van der Waals surface area contributed by atoms with E-state index in [-0.39, 0.29) is 12.6 Å². The monoisotopic (exact) mass is 264 g/mol. The molecule has 1 aromatic rings. The predicted molar refractivity (Wildman–Crippen MR) is 73.6 cm³/mol. The number of rotatable bonds is 2. The maximum atomic E-state index is 9.42. The number of aliphatic hydroxyl groups excluding tert-OH is 1. The minimum absolute atomic E-state index is 0.0631. The van der Waals surface area contributed by atoms with Crippen LogP contribution in [-0.2, 0) is 0 Å². The van der Waals surface area contributed by atoms with E-state index in [1.54, 1.807) is 0 Å². The molecule has 1 fully saturated rings. The molecule has 0 amide bonds. The number of aliphatic hydroxyl groups is 1. The van der Waals surface area contributed by atoms with Crippen molar-refractivity contribution in [3.63, 3.8) is 0 Å². The van der Waals surface area contributed by atoms with Crippen molar-refractivity contribution in [2.45, 2.75) is 6.04 Å². The Bertz CT molecular complexity index is 447. The lowest BCUT2D eigenvalue weighted by molar-refractivity contribution is 0.143. The zero-order chi connectivity index (χ0) is 12.8. The van der Waals surface area contributed by atoms with Gasteiger partial charge in [-0.25, -0.2) is 0 Å². The average molecular weight is 265 g/mol. The third-order valence-electron chi connectivity index (χ3n) is 2.97. The van der Waals surface area contributed by atoms with Gasteiger partial charge in [-0.05, 0) is 18.2 Å². The Morgan fingerprint density at radius 3 is 2.83 bits per heavy atom. The van der Waals surface area contributed by atoms with Crippen LogP contribution >= 0.6 is 11.6 Å². The van der Waals surface area contributed by atoms with Crippen LogP contribution in [0.2, 0.25) is 5.02 Å². The molecule has 3 nitrogen and oxygen atoms in total. The molecule has 0 spiro atoms. The quantitative estimate of drug-likeness (QED) is 0.781. The van der Waals surface area contributed by atoms with Crippen LogP contribution in [0, 0.1) is 11.8 Å². The van der Waals surface area contributed by atoms with Gasteiger partial charge >= 0.3 is 0 Å². The molecule has 1 atom stereocenters. The first-order chi connectivity index (χ1) is 8.79. The van der Waals surface area contributed by atoms with Gasteiger partial charge in [-0.2, -0.15) is 0 Å². The molecule has 4 heteroatoms. The number of piperazine rings is 1. The summed E-state index contributed by atoms with van der Waals surface area (Å²) < 4.78 is 0. The van der Waals surface area contributed by atoms with E-state index in [0.29, 0.717) is 5.02 Å². The molecule has 1 saturated heterocycles. The van der Waals surface area contributed by atoms with Gasteiger partial charge in [0.15, 0.2) is 0 Å². The summed E-state index contributed by atoms with van der Waals surface area (Å²) in [5, 5.41) is 13.4. The van der Waals surface area contributed by atoms with Crippen LogP contribution in [0.25, 0.3) is 0 Å². The SMILES string of the molecule is OCC(C#Cc1cccc(Cl)c1)N1CCNCC1. The summed E-state index contributed by atoms with van der Waals surface area (Å²) in [5.41, 5.74) is 0.885. The number of halogens is 1. The molecule has 0 bridgehead atoms. The molecule has 0 saturated carbocycles. The largest absolute Gasteiger partial charge is 0.394 e. The van der Waals surface area contributed by atoms with E-state index in [1.165, 1.54) is 0 Å². The number of hydrogen-bond acceptors (Lipinski definition) is 3. The molecule has 0 aromatic heterocycles. The minimum atomic E-state index is -0.0916. The van der Waals surface area contributed by atoms with E-state index in [0.717, 1.165) is 31.7 Å². The van der Waals surface area contributed by atoms with Gasteiger partial charge in [0.2, 0.25) is 0 Å². The number of nitrogens with zero attached hydrogens (tertiary/aromatic N) is 1. The second kappa shape index (κ2) is 6.77. The van der Waals surface area contributed by atoms with Gasteiger partial charge in [-0.15, -0.1) is 0 Å². The molecule has 1 aliphatic rings. The van der Waals surface area contributed by atoms with Crippen LogP contribution in [-0.4, -0.2) is 48.8 Å². The molecule has 2 rings (SSSR count). The smallest absolute Gasteiger partial charge is 0.0953 e. The van der Waals surface area contributed by atoms with Gasteiger partial charge in [0.05, 0.1) is 12.6 Å². The van der Waals surface area contributed by atoms with Crippen LogP contribution in [0.3, 0.4) is 0 Å². The van der Waals surface area contributed by atoms with Gasteiger partial charge in [0, 0.05) is 36.8 Å². The highest BCUT2D eigenvalue weighted by molar-refractivity contribution is 6.30. The summed E-state index contributed by atoms with van der Waals surface area (Å²) in [5.74, 6) is 6.20. The van der Waals surface area contributed by atoms with Crippen molar-refractivity contribution in [1.82, 2.24) is 10.2 Å². The first kappa shape index (κ1) is 13.4. The molecule has 1 aromatic carbocycles. The average Bonchev–Trinajstić information content (AvgIpc) is 2.41. The summed E-state index contributed by atoms with van der Waals surface area (Å²) in [6, 6.07) is 7.37. The molecule has 1 unspecified atom stereocenters. The van der Waals surface area contributed by atoms with Gasteiger partial charge in [-0.1, -0.05) is 29.5 Å². The number of hydrogen-bond donors (Lipinski definition) is 2. The van der Waals surface area contributed by atoms with Crippen molar-refractivity contribution in [2.24, 2.45) is 0 Å². The van der Waals surface area contributed by atoms with E-state index in [1.807, 2.05) is 24.3 Å². The Morgan fingerprint density at radius 1 is 1.39 bits per heavy atom. The summed E-state index contributed by atoms with van der Waals surface area (Å²) in [4.78, 5) is 2.20. The van der Waals surface area contributed by atoms with Gasteiger partial charge in [-0.3, -0.25) is 4.90 Å². The lowest BCUT2D eigenvalue weighted by Crippen LogP contribution is -2.49. The lowest BCUT2D eigenvalue weighted by atomic mass is 10.2. The molecule has 1 aliphatic heterocycles. The highest BCUT2D eigenvalue weighted by Gasteiger charge is 2.17. The first-order valence-electron chi connectivity index (χ1n) is 6.12. The van der Waals surface area contributed by atoms with Crippen molar-refractivity contribution in [1.29, 1.82) is 0 Å². The minimum Gasteiger partial charge on any atom is -0.394 e. The van der Waals surface area contributed by atoms with Gasteiger partial charge in [0.25, 0.3) is 0 Å². The van der Waals surface area contributed by atoms with E-state index >= 15 is 0 Å². The molecule has 0 aliphatic carbocycles. The Labute approximate surface area is 113 Å². The molecular weight excluding hydrogens is 248 g/mol. The Hall–Kier alpha value is -1.05. The van der Waals surface area contributed by atoms with Crippen molar-refractivity contribution in [2.75, 3.05) is 32.8 Å². The third kappa shape index (κ3) is 3.72. The van der Waals surface area contributed by atoms with Crippen molar-refractivity contribution >= 4 is 11.6 Å². The molecule has 1 heterocycles. The highest BCUT2D eigenvalue weighted by atomic mass is 35.5. The van der Waals surface area contributed by atoms with Crippen molar-refractivity contribution < 1.29 is 5.11 Å². The van der Waals surface area contributed by atoms with Crippen LogP contribution in [0.1, 0.15) is 5.56 Å². The fraction of sp³-hybridized carbons (Fsp3) is 0.429. The maximum Gasteiger partial charge on any atom is 0.0953 e. The second-order valence-electron chi connectivity index (χ2n) is 4.26. The molecule has 96 valence electrons. The van der Waals surface area contributed by atoms with Crippen LogP contribution in [0.5, 0.6) is 0 Å².